The minimum absolute atomic E-state index is 0.273. The van der Waals surface area contributed by atoms with Gasteiger partial charge in [0.05, 0.1) is 6.61 Å². The SMILES string of the molecule is CCOC(=O)c1csc(=S)s1. The molecule has 0 aliphatic rings. The van der Waals surface area contributed by atoms with Crippen LogP contribution in [-0.4, -0.2) is 12.6 Å². The van der Waals surface area contributed by atoms with E-state index in [2.05, 4.69) is 0 Å². The van der Waals surface area contributed by atoms with Crippen LogP contribution in [-0.2, 0) is 4.74 Å². The first-order valence-electron chi connectivity index (χ1n) is 2.99. The first kappa shape index (κ1) is 8.83. The molecule has 0 radical (unpaired) electrons. The van der Waals surface area contributed by atoms with Crippen LogP contribution in [0.25, 0.3) is 0 Å². The van der Waals surface area contributed by atoms with Gasteiger partial charge in [-0.3, -0.25) is 0 Å². The lowest BCUT2D eigenvalue weighted by atomic mass is 10.6. The monoisotopic (exact) mass is 206 g/mol. The summed E-state index contributed by atoms with van der Waals surface area (Å²) in [5.41, 5.74) is 0. The zero-order valence-corrected chi connectivity index (χ0v) is 8.28. The molecule has 11 heavy (non-hydrogen) atoms. The molecular formula is C6H6O2S3. The Bertz CT molecular complexity index is 299. The van der Waals surface area contributed by atoms with E-state index in [1.165, 1.54) is 22.7 Å². The molecule has 0 saturated heterocycles. The zero-order valence-electron chi connectivity index (χ0n) is 5.83. The molecule has 0 aromatic carbocycles. The summed E-state index contributed by atoms with van der Waals surface area (Å²) >= 11 is 7.55. The van der Waals surface area contributed by atoms with Crippen molar-refractivity contribution < 1.29 is 9.53 Å². The summed E-state index contributed by atoms with van der Waals surface area (Å²) in [7, 11) is 0. The summed E-state index contributed by atoms with van der Waals surface area (Å²) in [4.78, 5) is 11.6. The molecule has 0 aliphatic heterocycles. The van der Waals surface area contributed by atoms with Crippen LogP contribution in [0.5, 0.6) is 0 Å². The largest absolute Gasteiger partial charge is 0.462 e. The minimum Gasteiger partial charge on any atom is -0.462 e. The van der Waals surface area contributed by atoms with Gasteiger partial charge in [0.2, 0.25) is 0 Å². The van der Waals surface area contributed by atoms with E-state index in [0.717, 1.165) is 3.14 Å². The summed E-state index contributed by atoms with van der Waals surface area (Å²) in [5.74, 6) is -0.273. The number of esters is 1. The maximum absolute atomic E-state index is 11.0. The van der Waals surface area contributed by atoms with Crippen LogP contribution >= 0.6 is 34.9 Å². The Kier molecular flexibility index (Phi) is 3.16. The fraction of sp³-hybridized carbons (Fsp3) is 0.333. The maximum Gasteiger partial charge on any atom is 0.349 e. The third kappa shape index (κ3) is 2.36. The third-order valence-corrected chi connectivity index (χ3v) is 3.38. The second-order valence-corrected chi connectivity index (χ2v) is 4.79. The van der Waals surface area contributed by atoms with Crippen LogP contribution in [0.15, 0.2) is 5.38 Å². The van der Waals surface area contributed by atoms with Gasteiger partial charge in [0.25, 0.3) is 0 Å². The van der Waals surface area contributed by atoms with Crippen LogP contribution in [0.2, 0.25) is 0 Å². The van der Waals surface area contributed by atoms with Gasteiger partial charge in [-0.25, -0.2) is 4.79 Å². The van der Waals surface area contributed by atoms with E-state index < -0.39 is 0 Å². The molecule has 5 heteroatoms. The van der Waals surface area contributed by atoms with E-state index in [4.69, 9.17) is 17.0 Å². The summed E-state index contributed by atoms with van der Waals surface area (Å²) < 4.78 is 5.53. The molecule has 2 nitrogen and oxygen atoms in total. The highest BCUT2D eigenvalue weighted by molar-refractivity contribution is 7.76. The molecule has 0 aliphatic carbocycles. The number of rotatable bonds is 2. The van der Waals surface area contributed by atoms with Gasteiger partial charge in [0.1, 0.15) is 8.01 Å². The quantitative estimate of drug-likeness (QED) is 0.550. The summed E-state index contributed by atoms with van der Waals surface area (Å²) in [6.07, 6.45) is 0. The third-order valence-electron chi connectivity index (χ3n) is 0.932. The molecule has 0 bridgehead atoms. The fourth-order valence-electron chi connectivity index (χ4n) is 0.532. The van der Waals surface area contributed by atoms with Gasteiger partial charge in [-0.1, -0.05) is 12.2 Å². The average Bonchev–Trinajstić information content (AvgIpc) is 2.36. The summed E-state index contributed by atoms with van der Waals surface area (Å²) in [5, 5.41) is 1.73. The van der Waals surface area contributed by atoms with E-state index >= 15 is 0 Å². The molecule has 0 amide bonds. The standard InChI is InChI=1S/C6H6O2S3/c1-2-8-5(7)4-3-10-6(9)11-4/h3H,2H2,1H3. The lowest BCUT2D eigenvalue weighted by Crippen LogP contribution is -2.01. The molecule has 0 saturated carbocycles. The minimum atomic E-state index is -0.273. The van der Waals surface area contributed by atoms with Gasteiger partial charge in [0.15, 0.2) is 0 Å². The van der Waals surface area contributed by atoms with Crippen molar-refractivity contribution in [3.05, 3.63) is 13.4 Å². The van der Waals surface area contributed by atoms with E-state index in [-0.39, 0.29) is 5.97 Å². The number of carbonyl (C=O) groups excluding carboxylic acids is 1. The second kappa shape index (κ2) is 3.94. The van der Waals surface area contributed by atoms with Crippen molar-refractivity contribution >= 4 is 40.9 Å². The molecule has 1 rings (SSSR count). The lowest BCUT2D eigenvalue weighted by Gasteiger charge is -1.95. The molecule has 1 heterocycles. The van der Waals surface area contributed by atoms with Crippen molar-refractivity contribution in [3.8, 4) is 0 Å². The van der Waals surface area contributed by atoms with Gasteiger partial charge in [-0.15, -0.1) is 22.7 Å². The van der Waals surface area contributed by atoms with Gasteiger partial charge in [-0.2, -0.15) is 0 Å². The van der Waals surface area contributed by atoms with Gasteiger partial charge >= 0.3 is 5.97 Å². The van der Waals surface area contributed by atoms with Crippen molar-refractivity contribution in [2.75, 3.05) is 6.61 Å². The van der Waals surface area contributed by atoms with E-state index in [0.29, 0.717) is 11.5 Å². The van der Waals surface area contributed by atoms with Gasteiger partial charge in [-0.05, 0) is 6.92 Å². The predicted molar refractivity (Wildman–Crippen MR) is 49.0 cm³/mol. The fourth-order valence-corrected chi connectivity index (χ4v) is 2.51. The van der Waals surface area contributed by atoms with Crippen molar-refractivity contribution in [1.82, 2.24) is 0 Å². The maximum atomic E-state index is 11.0. The molecule has 0 atom stereocenters. The molecule has 0 fully saturated rings. The van der Waals surface area contributed by atoms with Gasteiger partial charge in [0, 0.05) is 5.38 Å². The summed E-state index contributed by atoms with van der Waals surface area (Å²) in [6.45, 7) is 2.19. The zero-order chi connectivity index (χ0) is 8.27. The first-order chi connectivity index (χ1) is 5.24. The molecule has 0 spiro atoms. The first-order valence-corrected chi connectivity index (χ1v) is 5.10. The smallest absolute Gasteiger partial charge is 0.349 e. The molecule has 0 unspecified atom stereocenters. The average molecular weight is 206 g/mol. The Hall–Kier alpha value is -0.260. The Morgan fingerprint density at radius 2 is 2.55 bits per heavy atom. The normalized spacial score (nSPS) is 9.55. The van der Waals surface area contributed by atoms with E-state index in [1.54, 1.807) is 12.3 Å². The van der Waals surface area contributed by atoms with Crippen LogP contribution in [0.3, 0.4) is 0 Å². The molecule has 1 aromatic heterocycles. The number of hydrogen-bond donors (Lipinski definition) is 0. The van der Waals surface area contributed by atoms with Crippen LogP contribution in [0, 0.1) is 3.14 Å². The van der Waals surface area contributed by atoms with Gasteiger partial charge < -0.3 is 4.74 Å². The lowest BCUT2D eigenvalue weighted by molar-refractivity contribution is 0.0532. The topological polar surface area (TPSA) is 26.3 Å². The van der Waals surface area contributed by atoms with Crippen molar-refractivity contribution in [2.24, 2.45) is 0 Å². The molecular weight excluding hydrogens is 200 g/mol. The molecule has 0 N–H and O–H groups in total. The highest BCUT2D eigenvalue weighted by Gasteiger charge is 2.07. The Morgan fingerprint density at radius 3 is 3.00 bits per heavy atom. The molecule has 60 valence electrons. The van der Waals surface area contributed by atoms with Crippen molar-refractivity contribution in [2.45, 2.75) is 6.92 Å². The Balaban J connectivity index is 2.76. The van der Waals surface area contributed by atoms with Crippen molar-refractivity contribution in [1.29, 1.82) is 0 Å². The Morgan fingerprint density at radius 1 is 1.82 bits per heavy atom. The summed E-state index contributed by atoms with van der Waals surface area (Å²) in [6, 6.07) is 0. The number of ether oxygens (including phenoxy) is 1. The van der Waals surface area contributed by atoms with Crippen molar-refractivity contribution in [3.63, 3.8) is 0 Å². The second-order valence-electron chi connectivity index (χ2n) is 1.67. The van der Waals surface area contributed by atoms with Crippen LogP contribution in [0.1, 0.15) is 16.6 Å². The molecule has 1 aromatic rings. The highest BCUT2D eigenvalue weighted by Crippen LogP contribution is 2.17. The van der Waals surface area contributed by atoms with E-state index in [1.807, 2.05) is 0 Å². The van der Waals surface area contributed by atoms with Crippen LogP contribution in [0.4, 0.5) is 0 Å². The highest BCUT2D eigenvalue weighted by atomic mass is 32.2. The van der Waals surface area contributed by atoms with E-state index in [9.17, 15) is 4.79 Å². The number of hydrogen-bond acceptors (Lipinski definition) is 5. The Labute approximate surface area is 77.5 Å². The number of carbonyl (C=O) groups is 1. The van der Waals surface area contributed by atoms with Crippen LogP contribution < -0.4 is 0 Å². The predicted octanol–water partition coefficient (Wildman–Crippen LogP) is 2.72.